The Kier molecular flexibility index (Phi) is 6.59. The first-order chi connectivity index (χ1) is 14.3. The molecule has 1 N–H and O–H groups in total. The maximum absolute atomic E-state index is 10.6. The fraction of sp³-hybridized carbons (Fsp3) is 0.304. The van der Waals surface area contributed by atoms with Crippen molar-refractivity contribution in [3.63, 3.8) is 0 Å². The van der Waals surface area contributed by atoms with Gasteiger partial charge in [-0.2, -0.15) is 13.2 Å². The number of halogens is 3. The van der Waals surface area contributed by atoms with Crippen molar-refractivity contribution in [2.45, 2.75) is 44.8 Å². The molecule has 0 unspecified atom stereocenters. The first-order valence-electron chi connectivity index (χ1n) is 9.78. The Hall–Kier alpha value is -3.09. The van der Waals surface area contributed by atoms with Crippen LogP contribution in [-0.4, -0.2) is 26.8 Å². The summed E-state index contributed by atoms with van der Waals surface area (Å²) in [6, 6.07) is 19.4. The first kappa shape index (κ1) is 21.6. The van der Waals surface area contributed by atoms with Crippen LogP contribution in [-0.2, 0) is 17.8 Å². The number of benzene rings is 2. The minimum Gasteiger partial charge on any atom is -0.475 e. The molecule has 158 valence electrons. The van der Waals surface area contributed by atoms with Crippen LogP contribution in [0.4, 0.5) is 13.2 Å². The van der Waals surface area contributed by atoms with E-state index in [1.165, 1.54) is 40.9 Å². The predicted molar refractivity (Wildman–Crippen MR) is 108 cm³/mol. The van der Waals surface area contributed by atoms with Gasteiger partial charge in [0.15, 0.2) is 0 Å². The summed E-state index contributed by atoms with van der Waals surface area (Å²) in [5.74, 6) is -2.03. The van der Waals surface area contributed by atoms with E-state index in [0.717, 1.165) is 18.9 Å². The van der Waals surface area contributed by atoms with Crippen LogP contribution in [0.15, 0.2) is 60.9 Å². The van der Waals surface area contributed by atoms with Gasteiger partial charge < -0.3 is 9.67 Å². The van der Waals surface area contributed by atoms with Crippen LogP contribution in [0, 0.1) is 0 Å². The lowest BCUT2D eigenvalue weighted by molar-refractivity contribution is -0.192. The minimum absolute atomic E-state index is 0.724. The van der Waals surface area contributed by atoms with E-state index in [-0.39, 0.29) is 0 Å². The average Bonchev–Trinajstić information content (AvgIpc) is 3.49. The number of carboxylic acid groups (broad SMARTS) is 1. The van der Waals surface area contributed by atoms with Gasteiger partial charge in [0.05, 0.1) is 12.0 Å². The molecule has 1 fully saturated rings. The Morgan fingerprint density at radius 3 is 2.30 bits per heavy atom. The van der Waals surface area contributed by atoms with Gasteiger partial charge in [-0.1, -0.05) is 55.5 Å². The smallest absolute Gasteiger partial charge is 0.475 e. The third kappa shape index (κ3) is 5.49. The van der Waals surface area contributed by atoms with E-state index in [4.69, 9.17) is 9.90 Å². The minimum atomic E-state index is -5.08. The van der Waals surface area contributed by atoms with Gasteiger partial charge in [-0.05, 0) is 42.0 Å². The van der Waals surface area contributed by atoms with Gasteiger partial charge in [0.2, 0.25) is 0 Å². The van der Waals surface area contributed by atoms with E-state index in [2.05, 4.69) is 71.1 Å². The molecule has 30 heavy (non-hydrogen) atoms. The van der Waals surface area contributed by atoms with Crippen molar-refractivity contribution in [1.82, 2.24) is 9.55 Å². The molecule has 0 spiro atoms. The molecule has 1 aliphatic carbocycles. The SMILES string of the molecule is CCc1c(C2CC2)ncn1Cc1cccc(-c2ccccc2)c1.O=C(O)C(F)(F)F. The summed E-state index contributed by atoms with van der Waals surface area (Å²) in [6.07, 6.45) is 0.632. The molecule has 0 aliphatic heterocycles. The van der Waals surface area contributed by atoms with Crippen molar-refractivity contribution >= 4 is 5.97 Å². The molecule has 0 atom stereocenters. The lowest BCUT2D eigenvalue weighted by atomic mass is 10.0. The summed E-state index contributed by atoms with van der Waals surface area (Å²) in [6.45, 7) is 3.14. The number of rotatable bonds is 5. The summed E-state index contributed by atoms with van der Waals surface area (Å²) in [7, 11) is 0. The molecule has 4 rings (SSSR count). The van der Waals surface area contributed by atoms with E-state index in [1.54, 1.807) is 0 Å². The van der Waals surface area contributed by atoms with Crippen LogP contribution < -0.4 is 0 Å². The number of carbonyl (C=O) groups is 1. The number of alkyl halides is 3. The van der Waals surface area contributed by atoms with Crippen molar-refractivity contribution in [2.75, 3.05) is 0 Å². The van der Waals surface area contributed by atoms with Crippen molar-refractivity contribution in [3.8, 4) is 11.1 Å². The van der Waals surface area contributed by atoms with Gasteiger partial charge in [0, 0.05) is 18.2 Å². The Labute approximate surface area is 173 Å². The van der Waals surface area contributed by atoms with Crippen molar-refractivity contribution in [1.29, 1.82) is 0 Å². The molecule has 1 saturated carbocycles. The molecule has 3 aromatic rings. The second-order valence-corrected chi connectivity index (χ2v) is 7.20. The van der Waals surface area contributed by atoms with Gasteiger partial charge in [-0.15, -0.1) is 0 Å². The Bertz CT molecular complexity index is 993. The molecule has 1 heterocycles. The van der Waals surface area contributed by atoms with E-state index in [9.17, 15) is 13.2 Å². The fourth-order valence-electron chi connectivity index (χ4n) is 3.32. The molecular formula is C23H23F3N2O2. The monoisotopic (exact) mass is 416 g/mol. The molecule has 1 aliphatic rings. The average molecular weight is 416 g/mol. The predicted octanol–water partition coefficient (Wildman–Crippen LogP) is 5.67. The maximum atomic E-state index is 10.6. The van der Waals surface area contributed by atoms with Crippen LogP contribution in [0.25, 0.3) is 11.1 Å². The van der Waals surface area contributed by atoms with E-state index < -0.39 is 12.1 Å². The van der Waals surface area contributed by atoms with E-state index >= 15 is 0 Å². The van der Waals surface area contributed by atoms with Gasteiger partial charge in [-0.25, -0.2) is 9.78 Å². The molecule has 0 amide bonds. The van der Waals surface area contributed by atoms with Crippen molar-refractivity contribution in [3.05, 3.63) is 77.9 Å². The van der Waals surface area contributed by atoms with Crippen LogP contribution in [0.3, 0.4) is 0 Å². The van der Waals surface area contributed by atoms with E-state index in [0.29, 0.717) is 0 Å². The standard InChI is InChI=1S/C21H22N2.C2HF3O2/c1-2-20-21(18-11-12-18)22-15-23(20)14-16-7-6-10-19(13-16)17-8-4-3-5-9-17;3-2(4,5)1(6)7/h3-10,13,15,18H,2,11-12,14H2,1H3;(H,6,7). The molecule has 7 heteroatoms. The highest BCUT2D eigenvalue weighted by atomic mass is 19.4. The molecule has 4 nitrogen and oxygen atoms in total. The number of hydrogen-bond donors (Lipinski definition) is 1. The quantitative estimate of drug-likeness (QED) is 0.583. The van der Waals surface area contributed by atoms with Gasteiger partial charge >= 0.3 is 12.1 Å². The van der Waals surface area contributed by atoms with Crippen molar-refractivity contribution in [2.24, 2.45) is 0 Å². The third-order valence-corrected chi connectivity index (χ3v) is 4.91. The van der Waals surface area contributed by atoms with E-state index in [1.807, 2.05) is 6.33 Å². The summed E-state index contributed by atoms with van der Waals surface area (Å²) in [5.41, 5.74) is 6.64. The second-order valence-electron chi connectivity index (χ2n) is 7.20. The lowest BCUT2D eigenvalue weighted by Gasteiger charge is -2.10. The van der Waals surface area contributed by atoms with Crippen LogP contribution in [0.5, 0.6) is 0 Å². The van der Waals surface area contributed by atoms with Crippen molar-refractivity contribution < 1.29 is 23.1 Å². The van der Waals surface area contributed by atoms with Gasteiger partial charge in [0.25, 0.3) is 0 Å². The number of carboxylic acids is 1. The molecule has 0 bridgehead atoms. The topological polar surface area (TPSA) is 55.1 Å². The molecule has 2 aromatic carbocycles. The summed E-state index contributed by atoms with van der Waals surface area (Å²) in [4.78, 5) is 13.6. The summed E-state index contributed by atoms with van der Waals surface area (Å²) in [5, 5.41) is 7.12. The molecule has 0 radical (unpaired) electrons. The highest BCUT2D eigenvalue weighted by Crippen LogP contribution is 2.41. The molecular weight excluding hydrogens is 393 g/mol. The normalized spacial score (nSPS) is 13.5. The number of hydrogen-bond acceptors (Lipinski definition) is 2. The zero-order valence-electron chi connectivity index (χ0n) is 16.6. The Morgan fingerprint density at radius 2 is 1.73 bits per heavy atom. The van der Waals surface area contributed by atoms with Gasteiger partial charge in [0.1, 0.15) is 0 Å². The Morgan fingerprint density at radius 1 is 1.10 bits per heavy atom. The number of nitrogens with zero attached hydrogens (tertiary/aromatic N) is 2. The fourth-order valence-corrected chi connectivity index (χ4v) is 3.32. The Balaban J connectivity index is 0.000000318. The lowest BCUT2D eigenvalue weighted by Crippen LogP contribution is -2.21. The second kappa shape index (κ2) is 9.15. The van der Waals surface area contributed by atoms with Crippen LogP contribution in [0.1, 0.15) is 42.6 Å². The largest absolute Gasteiger partial charge is 0.490 e. The first-order valence-corrected chi connectivity index (χ1v) is 9.78. The third-order valence-electron chi connectivity index (χ3n) is 4.91. The highest BCUT2D eigenvalue weighted by molar-refractivity contribution is 5.73. The highest BCUT2D eigenvalue weighted by Gasteiger charge is 2.38. The zero-order valence-corrected chi connectivity index (χ0v) is 16.6. The number of imidazole rings is 1. The van der Waals surface area contributed by atoms with Gasteiger partial charge in [-0.3, -0.25) is 0 Å². The molecule has 1 aromatic heterocycles. The summed E-state index contributed by atoms with van der Waals surface area (Å²) >= 11 is 0. The van der Waals surface area contributed by atoms with Crippen LogP contribution >= 0.6 is 0 Å². The maximum Gasteiger partial charge on any atom is 0.490 e. The summed E-state index contributed by atoms with van der Waals surface area (Å²) < 4.78 is 34.1. The number of aliphatic carboxylic acids is 1. The van der Waals surface area contributed by atoms with Crippen LogP contribution in [0.2, 0.25) is 0 Å². The zero-order chi connectivity index (χ0) is 21.7. The molecule has 0 saturated heterocycles. The number of aromatic nitrogens is 2.